The Morgan fingerprint density at radius 1 is 1.12 bits per heavy atom. The van der Waals surface area contributed by atoms with E-state index in [2.05, 4.69) is 32.1 Å². The van der Waals surface area contributed by atoms with Crippen molar-refractivity contribution in [3.05, 3.63) is 68.7 Å². The number of aromatic nitrogens is 1. The number of nitrogens with one attached hydrogen (secondary N) is 1. The number of fused-ring (bicyclic) bond motifs is 1. The second-order valence-corrected chi connectivity index (χ2v) is 11.2. The first-order valence-corrected chi connectivity index (χ1v) is 14.0. The van der Waals surface area contributed by atoms with Gasteiger partial charge in [0.15, 0.2) is 5.17 Å². The highest BCUT2D eigenvalue weighted by atomic mass is 35.5. The summed E-state index contributed by atoms with van der Waals surface area (Å²) >= 11 is 13.7. The normalized spacial score (nSPS) is 16.6. The number of halogens is 5. The molecule has 2 aliphatic heterocycles. The van der Waals surface area contributed by atoms with Crippen LogP contribution in [0.25, 0.3) is 17.0 Å². The SMILES string of the molecule is CN1CCN(c2c(C(N)=O)cnc3ccc(/C=C4\SC(Nc5c(Cl)cccc5Cl)=NC4=O)cc23)CC1.O=C(O)C(F)(F)F. The highest BCUT2D eigenvalue weighted by molar-refractivity contribution is 8.18. The Bertz CT molecular complexity index is 1640. The Kier molecular flexibility index (Phi) is 9.85. The lowest BCUT2D eigenvalue weighted by atomic mass is 10.0. The lowest BCUT2D eigenvalue weighted by molar-refractivity contribution is -0.192. The molecule has 16 heteroatoms. The molecule has 0 radical (unpaired) electrons. The average molecular weight is 655 g/mol. The molecule has 43 heavy (non-hydrogen) atoms. The maximum atomic E-state index is 12.6. The van der Waals surface area contributed by atoms with Gasteiger partial charge in [-0.1, -0.05) is 35.3 Å². The van der Waals surface area contributed by atoms with Crippen molar-refractivity contribution in [3.63, 3.8) is 0 Å². The number of rotatable bonds is 4. The molecular weight excluding hydrogens is 632 g/mol. The number of carboxylic acids is 1. The molecule has 2 aliphatic rings. The van der Waals surface area contributed by atoms with Crippen LogP contribution >= 0.6 is 35.0 Å². The number of benzene rings is 2. The van der Waals surface area contributed by atoms with Gasteiger partial charge in [-0.15, -0.1) is 0 Å². The number of para-hydroxylation sites is 1. The van der Waals surface area contributed by atoms with E-state index < -0.39 is 18.1 Å². The summed E-state index contributed by atoms with van der Waals surface area (Å²) in [5, 5.41) is 12.2. The number of pyridine rings is 1. The minimum Gasteiger partial charge on any atom is -0.475 e. The lowest BCUT2D eigenvalue weighted by Crippen LogP contribution is -2.45. The number of hydrogen-bond acceptors (Lipinski definition) is 8. The van der Waals surface area contributed by atoms with Gasteiger partial charge in [0.1, 0.15) is 0 Å². The fraction of sp³-hybridized carbons (Fsp3) is 0.222. The van der Waals surface area contributed by atoms with E-state index in [-0.39, 0.29) is 5.91 Å². The van der Waals surface area contributed by atoms with Crippen LogP contribution in [0.4, 0.5) is 24.5 Å². The van der Waals surface area contributed by atoms with Crippen LogP contribution in [0.1, 0.15) is 15.9 Å². The predicted octanol–water partition coefficient (Wildman–Crippen LogP) is 5.11. The molecule has 3 aromatic rings. The lowest BCUT2D eigenvalue weighted by Gasteiger charge is -2.35. The van der Waals surface area contributed by atoms with Gasteiger partial charge >= 0.3 is 12.1 Å². The summed E-state index contributed by atoms with van der Waals surface area (Å²) in [7, 11) is 2.07. The summed E-state index contributed by atoms with van der Waals surface area (Å²) in [4.78, 5) is 47.2. The van der Waals surface area contributed by atoms with Gasteiger partial charge in [-0.05, 0) is 54.7 Å². The number of carbonyl (C=O) groups is 3. The number of piperazine rings is 1. The van der Waals surface area contributed by atoms with Crippen LogP contribution in [0.2, 0.25) is 10.0 Å². The van der Waals surface area contributed by atoms with Gasteiger partial charge in [-0.25, -0.2) is 4.79 Å². The van der Waals surface area contributed by atoms with E-state index in [0.29, 0.717) is 31.4 Å². The smallest absolute Gasteiger partial charge is 0.475 e. The Labute approximate surface area is 257 Å². The zero-order valence-corrected chi connectivity index (χ0v) is 24.6. The van der Waals surface area contributed by atoms with Crippen molar-refractivity contribution in [1.29, 1.82) is 0 Å². The maximum absolute atomic E-state index is 12.6. The van der Waals surface area contributed by atoms with Crippen LogP contribution in [-0.2, 0) is 9.59 Å². The highest BCUT2D eigenvalue weighted by Crippen LogP contribution is 2.36. The summed E-state index contributed by atoms with van der Waals surface area (Å²) < 4.78 is 31.7. The first-order chi connectivity index (χ1) is 20.2. The van der Waals surface area contributed by atoms with E-state index in [9.17, 15) is 22.8 Å². The zero-order valence-electron chi connectivity index (χ0n) is 22.3. The number of alkyl halides is 3. The van der Waals surface area contributed by atoms with Crippen LogP contribution in [-0.4, -0.2) is 77.3 Å². The number of nitrogens with zero attached hydrogens (tertiary/aromatic N) is 4. The Morgan fingerprint density at radius 3 is 2.33 bits per heavy atom. The molecular formula is C27H23Cl2F3N6O4S. The van der Waals surface area contributed by atoms with Crippen LogP contribution in [0.5, 0.6) is 0 Å². The molecule has 0 atom stereocenters. The van der Waals surface area contributed by atoms with Crippen molar-refractivity contribution < 1.29 is 32.7 Å². The average Bonchev–Trinajstić information content (AvgIpc) is 3.28. The van der Waals surface area contributed by atoms with Gasteiger partial charge in [-0.3, -0.25) is 14.6 Å². The molecule has 3 heterocycles. The van der Waals surface area contributed by atoms with Gasteiger partial charge < -0.3 is 26.0 Å². The van der Waals surface area contributed by atoms with Gasteiger partial charge in [0, 0.05) is 37.8 Å². The topological polar surface area (TPSA) is 141 Å². The number of hydrogen-bond donors (Lipinski definition) is 3. The highest BCUT2D eigenvalue weighted by Gasteiger charge is 2.38. The standard InChI is InChI=1S/C25H22Cl2N6O2S.C2HF3O2/c1-32-7-9-33(10-8-32)22-15-11-14(5-6-19(15)29-13-16(22)23(28)34)12-20-24(35)31-25(36-20)30-21-17(26)3-2-4-18(21)27;3-2(4,5)1(6)7/h2-6,11-13H,7-10H2,1H3,(H2,28,34)(H,30,31,35);(H,6,7)/b20-12-;. The minimum absolute atomic E-state index is 0.367. The van der Waals surface area contributed by atoms with Crippen LogP contribution in [0, 0.1) is 0 Å². The molecule has 5 rings (SSSR count). The third kappa shape index (κ3) is 7.76. The van der Waals surface area contributed by atoms with E-state index in [1.165, 1.54) is 11.8 Å². The molecule has 226 valence electrons. The third-order valence-corrected chi connectivity index (χ3v) is 7.83. The zero-order chi connectivity index (χ0) is 31.5. The van der Waals surface area contributed by atoms with Gasteiger partial charge in [0.05, 0.1) is 37.4 Å². The Balaban J connectivity index is 0.000000541. The third-order valence-electron chi connectivity index (χ3n) is 6.30. The van der Waals surface area contributed by atoms with E-state index >= 15 is 0 Å². The van der Waals surface area contributed by atoms with Crippen LogP contribution in [0.3, 0.4) is 0 Å². The van der Waals surface area contributed by atoms with Crippen LogP contribution in [0.15, 0.2) is 52.5 Å². The maximum Gasteiger partial charge on any atom is 0.490 e. The quantitative estimate of drug-likeness (QED) is 0.327. The molecule has 2 amide bonds. The number of nitrogens with two attached hydrogens (primary N) is 1. The van der Waals surface area contributed by atoms with E-state index in [1.807, 2.05) is 18.2 Å². The number of carbonyl (C=O) groups excluding carboxylic acids is 2. The molecule has 0 unspecified atom stereocenters. The van der Waals surface area contributed by atoms with E-state index in [0.717, 1.165) is 48.3 Å². The molecule has 0 aliphatic carbocycles. The monoisotopic (exact) mass is 654 g/mol. The van der Waals surface area contributed by atoms with E-state index in [4.69, 9.17) is 38.8 Å². The molecule has 1 aromatic heterocycles. The Hall–Kier alpha value is -3.85. The van der Waals surface area contributed by atoms with Crippen molar-refractivity contribution in [2.24, 2.45) is 10.7 Å². The molecule has 4 N–H and O–H groups in total. The minimum atomic E-state index is -5.08. The number of aliphatic carboxylic acids is 1. The first-order valence-electron chi connectivity index (χ1n) is 12.4. The van der Waals surface area contributed by atoms with Crippen molar-refractivity contribution in [2.75, 3.05) is 43.4 Å². The molecule has 0 bridgehead atoms. The number of anilines is 2. The summed E-state index contributed by atoms with van der Waals surface area (Å²) in [5.41, 5.74) is 8.89. The van der Waals surface area contributed by atoms with Crippen molar-refractivity contribution >= 4 is 86.3 Å². The summed E-state index contributed by atoms with van der Waals surface area (Å²) in [5.74, 6) is -3.65. The summed E-state index contributed by atoms with van der Waals surface area (Å²) in [6.07, 6.45) is -1.78. The second-order valence-electron chi connectivity index (χ2n) is 9.31. The molecule has 2 aromatic carbocycles. The van der Waals surface area contributed by atoms with Crippen molar-refractivity contribution in [2.45, 2.75) is 6.18 Å². The number of thioether (sulfide) groups is 1. The second kappa shape index (κ2) is 13.2. The molecule has 1 saturated heterocycles. The number of amides is 2. The summed E-state index contributed by atoms with van der Waals surface area (Å²) in [6.45, 7) is 3.28. The molecule has 0 spiro atoms. The first kappa shape index (κ1) is 32.1. The number of carboxylic acid groups (broad SMARTS) is 1. The van der Waals surface area contributed by atoms with Gasteiger partial charge in [-0.2, -0.15) is 18.2 Å². The van der Waals surface area contributed by atoms with Crippen LogP contribution < -0.4 is 16.0 Å². The molecule has 1 fully saturated rings. The number of likely N-dealkylation sites (N-methyl/N-ethyl adjacent to an activating group) is 1. The Morgan fingerprint density at radius 2 is 1.74 bits per heavy atom. The predicted molar refractivity (Wildman–Crippen MR) is 162 cm³/mol. The fourth-order valence-corrected chi connectivity index (χ4v) is 5.49. The van der Waals surface area contributed by atoms with Gasteiger partial charge in [0.25, 0.3) is 11.8 Å². The largest absolute Gasteiger partial charge is 0.490 e. The molecule has 10 nitrogen and oxygen atoms in total. The van der Waals surface area contributed by atoms with Crippen molar-refractivity contribution in [1.82, 2.24) is 9.88 Å². The van der Waals surface area contributed by atoms with E-state index in [1.54, 1.807) is 30.5 Å². The number of aliphatic imine (C=N–C) groups is 1. The molecule has 0 saturated carbocycles. The van der Waals surface area contributed by atoms with Gasteiger partial charge in [0.2, 0.25) is 0 Å². The number of amidine groups is 1. The fourth-order valence-electron chi connectivity index (χ4n) is 4.18. The summed E-state index contributed by atoms with van der Waals surface area (Å²) in [6, 6.07) is 10.8. The number of primary amides is 1. The van der Waals surface area contributed by atoms with Crippen molar-refractivity contribution in [3.8, 4) is 0 Å².